The van der Waals surface area contributed by atoms with Crippen LogP contribution in [0.15, 0.2) is 48.5 Å². The molecule has 2 rings (SSSR count). The van der Waals surface area contributed by atoms with Crippen molar-refractivity contribution >= 4 is 29.3 Å². The Kier molecular flexibility index (Phi) is 7.95. The number of thioether (sulfide) groups is 1. The zero-order valence-electron chi connectivity index (χ0n) is 14.4. The van der Waals surface area contributed by atoms with E-state index in [1.807, 2.05) is 31.2 Å². The molecule has 26 heavy (non-hydrogen) atoms. The van der Waals surface area contributed by atoms with Gasteiger partial charge in [0.2, 0.25) is 5.91 Å². The minimum Gasteiger partial charge on any atom is -0.490 e. The fourth-order valence-electron chi connectivity index (χ4n) is 2.03. The van der Waals surface area contributed by atoms with E-state index in [2.05, 4.69) is 5.32 Å². The number of esters is 1. The molecule has 0 atom stereocenters. The maximum absolute atomic E-state index is 12.7. The van der Waals surface area contributed by atoms with Gasteiger partial charge in [-0.1, -0.05) is 12.1 Å². The van der Waals surface area contributed by atoms with Crippen LogP contribution in [0.2, 0.25) is 0 Å². The van der Waals surface area contributed by atoms with Crippen molar-refractivity contribution in [3.63, 3.8) is 0 Å². The molecule has 2 aromatic carbocycles. The number of carbonyl (C=O) groups excluding carboxylic acids is 2. The maximum Gasteiger partial charge on any atom is 0.316 e. The Morgan fingerprint density at radius 2 is 1.85 bits per heavy atom. The van der Waals surface area contributed by atoms with E-state index >= 15 is 0 Å². The lowest BCUT2D eigenvalue weighted by atomic mass is 10.2. The van der Waals surface area contributed by atoms with Crippen LogP contribution >= 0.6 is 11.8 Å². The Bertz CT molecular complexity index is 737. The van der Waals surface area contributed by atoms with Gasteiger partial charge in [0.05, 0.1) is 11.5 Å². The first-order valence-electron chi connectivity index (χ1n) is 8.01. The smallest absolute Gasteiger partial charge is 0.316 e. The molecule has 0 saturated heterocycles. The first-order chi connectivity index (χ1) is 12.5. The number of carbonyl (C=O) groups is 2. The van der Waals surface area contributed by atoms with E-state index in [-0.39, 0.29) is 36.4 Å². The zero-order valence-corrected chi connectivity index (χ0v) is 15.2. The molecular formula is C19H20FNO4S. The van der Waals surface area contributed by atoms with Crippen LogP contribution in [0.4, 0.5) is 10.1 Å². The molecule has 0 unspecified atom stereocenters. The van der Waals surface area contributed by atoms with Crippen LogP contribution in [0.3, 0.4) is 0 Å². The number of amides is 1. The summed E-state index contributed by atoms with van der Waals surface area (Å²) in [5, 5.41) is 2.77. The van der Waals surface area contributed by atoms with Crippen molar-refractivity contribution in [2.75, 3.05) is 30.0 Å². The molecular weight excluding hydrogens is 357 g/mol. The van der Waals surface area contributed by atoms with Crippen LogP contribution in [0.1, 0.15) is 5.56 Å². The number of halogens is 1. The van der Waals surface area contributed by atoms with Crippen LogP contribution in [0, 0.1) is 12.7 Å². The molecule has 0 radical (unpaired) electrons. The highest BCUT2D eigenvalue weighted by molar-refractivity contribution is 8.00. The Hall–Kier alpha value is -2.54. The minimum atomic E-state index is -0.416. The molecule has 0 aromatic heterocycles. The second-order valence-corrected chi connectivity index (χ2v) is 6.42. The van der Waals surface area contributed by atoms with E-state index in [1.165, 1.54) is 36.0 Å². The second-order valence-electron chi connectivity index (χ2n) is 5.43. The molecule has 0 spiro atoms. The van der Waals surface area contributed by atoms with Crippen molar-refractivity contribution in [3.05, 3.63) is 59.9 Å². The first kappa shape index (κ1) is 19.8. The van der Waals surface area contributed by atoms with E-state index in [0.717, 1.165) is 11.3 Å². The molecule has 0 heterocycles. The summed E-state index contributed by atoms with van der Waals surface area (Å²) < 4.78 is 23.1. The van der Waals surface area contributed by atoms with Gasteiger partial charge >= 0.3 is 5.97 Å². The van der Waals surface area contributed by atoms with E-state index in [1.54, 1.807) is 0 Å². The van der Waals surface area contributed by atoms with Crippen LogP contribution in [0.5, 0.6) is 5.75 Å². The third-order valence-electron chi connectivity index (χ3n) is 3.18. The van der Waals surface area contributed by atoms with Crippen molar-refractivity contribution in [2.45, 2.75) is 6.92 Å². The maximum atomic E-state index is 12.7. The number of hydrogen-bond acceptors (Lipinski definition) is 5. The van der Waals surface area contributed by atoms with E-state index in [9.17, 15) is 14.0 Å². The molecule has 0 aliphatic heterocycles. The topological polar surface area (TPSA) is 64.6 Å². The van der Waals surface area contributed by atoms with Crippen molar-refractivity contribution in [1.82, 2.24) is 0 Å². The highest BCUT2D eigenvalue weighted by atomic mass is 32.2. The summed E-state index contributed by atoms with van der Waals surface area (Å²) in [4.78, 5) is 23.4. The van der Waals surface area contributed by atoms with Crippen LogP contribution in [-0.4, -0.2) is 36.6 Å². The van der Waals surface area contributed by atoms with Crippen molar-refractivity contribution < 1.29 is 23.5 Å². The molecule has 2 aromatic rings. The Morgan fingerprint density at radius 3 is 2.58 bits per heavy atom. The third kappa shape index (κ3) is 7.57. The average molecular weight is 377 g/mol. The zero-order chi connectivity index (χ0) is 18.8. The quantitative estimate of drug-likeness (QED) is 0.536. The van der Waals surface area contributed by atoms with E-state index in [0.29, 0.717) is 5.75 Å². The van der Waals surface area contributed by atoms with Gasteiger partial charge in [0.1, 0.15) is 24.8 Å². The van der Waals surface area contributed by atoms with Gasteiger partial charge in [-0.05, 0) is 48.9 Å². The summed E-state index contributed by atoms with van der Waals surface area (Å²) in [5.41, 5.74) is 1.79. The molecule has 0 aliphatic carbocycles. The van der Waals surface area contributed by atoms with Crippen molar-refractivity contribution in [3.8, 4) is 5.75 Å². The highest BCUT2D eigenvalue weighted by Gasteiger charge is 2.07. The number of rotatable bonds is 9. The summed E-state index contributed by atoms with van der Waals surface area (Å²) >= 11 is 1.18. The lowest BCUT2D eigenvalue weighted by Gasteiger charge is -2.08. The van der Waals surface area contributed by atoms with Crippen molar-refractivity contribution in [1.29, 1.82) is 0 Å². The minimum absolute atomic E-state index is 0.0811. The summed E-state index contributed by atoms with van der Waals surface area (Å²) in [6.07, 6.45) is 0. The van der Waals surface area contributed by atoms with Crippen LogP contribution in [0.25, 0.3) is 0 Å². The van der Waals surface area contributed by atoms with Gasteiger partial charge in [-0.3, -0.25) is 9.59 Å². The Balaban J connectivity index is 1.55. The van der Waals surface area contributed by atoms with Gasteiger partial charge in [0.25, 0.3) is 0 Å². The number of benzene rings is 2. The fourth-order valence-corrected chi connectivity index (χ4v) is 2.64. The standard InChI is InChI=1S/C19H20FNO4S/c1-14-3-2-4-16(11-14)21-18(22)12-26-13-19(23)25-10-9-24-17-7-5-15(20)6-8-17/h2-8,11H,9-10,12-13H2,1H3,(H,21,22). The molecule has 5 nitrogen and oxygen atoms in total. The molecule has 1 N–H and O–H groups in total. The number of anilines is 1. The van der Waals surface area contributed by atoms with Crippen LogP contribution in [-0.2, 0) is 14.3 Å². The SMILES string of the molecule is Cc1cccc(NC(=O)CSCC(=O)OCCOc2ccc(F)cc2)c1. The predicted octanol–water partition coefficient (Wildman–Crippen LogP) is 3.43. The summed E-state index contributed by atoms with van der Waals surface area (Å²) in [7, 11) is 0. The fraction of sp³-hybridized carbons (Fsp3) is 0.263. The largest absolute Gasteiger partial charge is 0.490 e. The van der Waals surface area contributed by atoms with Crippen molar-refractivity contribution in [2.24, 2.45) is 0 Å². The number of hydrogen-bond donors (Lipinski definition) is 1. The second kappa shape index (κ2) is 10.5. The first-order valence-corrected chi connectivity index (χ1v) is 9.16. The average Bonchev–Trinajstić information content (AvgIpc) is 2.60. The number of ether oxygens (including phenoxy) is 2. The number of aryl methyl sites for hydroxylation is 1. The molecule has 7 heteroatoms. The molecule has 0 bridgehead atoms. The summed E-state index contributed by atoms with van der Waals surface area (Å²) in [6.45, 7) is 2.21. The van der Waals surface area contributed by atoms with Gasteiger partial charge in [-0.2, -0.15) is 0 Å². The summed E-state index contributed by atoms with van der Waals surface area (Å²) in [5.74, 6) is -0.182. The van der Waals surface area contributed by atoms with Gasteiger partial charge in [-0.15, -0.1) is 11.8 Å². The number of nitrogens with one attached hydrogen (secondary N) is 1. The Labute approximate surface area is 155 Å². The van der Waals surface area contributed by atoms with Gasteiger partial charge in [0.15, 0.2) is 0 Å². The summed E-state index contributed by atoms with van der Waals surface area (Å²) in [6, 6.07) is 13.1. The van der Waals surface area contributed by atoms with E-state index < -0.39 is 5.97 Å². The van der Waals surface area contributed by atoms with Crippen LogP contribution < -0.4 is 10.1 Å². The molecule has 0 aliphatic rings. The van der Waals surface area contributed by atoms with Gasteiger partial charge < -0.3 is 14.8 Å². The van der Waals surface area contributed by atoms with Gasteiger partial charge in [-0.25, -0.2) is 4.39 Å². The van der Waals surface area contributed by atoms with Gasteiger partial charge in [0, 0.05) is 5.69 Å². The highest BCUT2D eigenvalue weighted by Crippen LogP contribution is 2.12. The molecule has 0 saturated carbocycles. The lowest BCUT2D eigenvalue weighted by Crippen LogP contribution is -2.17. The molecule has 0 fully saturated rings. The normalized spacial score (nSPS) is 10.2. The van der Waals surface area contributed by atoms with E-state index in [4.69, 9.17) is 9.47 Å². The third-order valence-corrected chi connectivity index (χ3v) is 4.09. The monoisotopic (exact) mass is 377 g/mol. The molecule has 138 valence electrons. The lowest BCUT2D eigenvalue weighted by molar-refractivity contribution is -0.141. The predicted molar refractivity (Wildman–Crippen MR) is 100.0 cm³/mol. The Morgan fingerprint density at radius 1 is 1.08 bits per heavy atom. The molecule has 1 amide bonds.